The molecule has 0 bridgehead atoms. The molecule has 0 radical (unpaired) electrons. The Morgan fingerprint density at radius 3 is 2.95 bits per heavy atom. The van der Waals surface area contributed by atoms with Crippen LogP contribution in [-0.2, 0) is 13.0 Å². The van der Waals surface area contributed by atoms with Crippen LogP contribution in [0.1, 0.15) is 23.5 Å². The number of fused-ring (bicyclic) bond motifs is 1. The van der Waals surface area contributed by atoms with Crippen LogP contribution in [0.2, 0.25) is 0 Å². The highest BCUT2D eigenvalue weighted by Gasteiger charge is 2.11. The Hall–Kier alpha value is -2.15. The number of hydrogen-bond donors (Lipinski definition) is 2. The third-order valence-electron chi connectivity index (χ3n) is 2.89. The Kier molecular flexibility index (Phi) is 3.27. The molecule has 0 unspecified atom stereocenters. The normalized spacial score (nSPS) is 11.1. The molecule has 0 saturated carbocycles. The zero-order chi connectivity index (χ0) is 14.1. The maximum atomic E-state index is 5.75. The van der Waals surface area contributed by atoms with Gasteiger partial charge in [-0.15, -0.1) is 11.3 Å². The lowest BCUT2D eigenvalue weighted by atomic mass is 10.3. The number of nitrogen functional groups attached to an aromatic ring is 1. The molecule has 3 heterocycles. The van der Waals surface area contributed by atoms with Crippen molar-refractivity contribution < 1.29 is 4.42 Å². The average molecular weight is 289 g/mol. The molecule has 20 heavy (non-hydrogen) atoms. The molecule has 3 aromatic heterocycles. The Balaban J connectivity index is 1.91. The molecule has 0 spiro atoms. The van der Waals surface area contributed by atoms with Crippen molar-refractivity contribution >= 4 is 33.3 Å². The third-order valence-corrected chi connectivity index (χ3v) is 4.06. The van der Waals surface area contributed by atoms with Crippen molar-refractivity contribution in [3.8, 4) is 0 Å². The van der Waals surface area contributed by atoms with Gasteiger partial charge in [-0.1, -0.05) is 6.92 Å². The number of thiophene rings is 1. The highest BCUT2D eigenvalue weighted by atomic mass is 32.1. The second-order valence-corrected chi connectivity index (χ2v) is 5.55. The number of oxazole rings is 1. The molecule has 7 heteroatoms. The topological polar surface area (TPSA) is 89.9 Å². The summed E-state index contributed by atoms with van der Waals surface area (Å²) in [5.41, 5.74) is 5.75. The first-order valence-electron chi connectivity index (χ1n) is 6.37. The average Bonchev–Trinajstić information content (AvgIpc) is 3.01. The van der Waals surface area contributed by atoms with E-state index in [1.807, 2.05) is 6.92 Å². The number of hydrogen-bond acceptors (Lipinski definition) is 7. The zero-order valence-corrected chi connectivity index (χ0v) is 12.1. The van der Waals surface area contributed by atoms with Crippen LogP contribution < -0.4 is 11.1 Å². The first-order valence-corrected chi connectivity index (χ1v) is 7.18. The lowest BCUT2D eigenvalue weighted by Crippen LogP contribution is -2.04. The van der Waals surface area contributed by atoms with Crippen molar-refractivity contribution in [2.45, 2.75) is 26.8 Å². The minimum atomic E-state index is 0.271. The quantitative estimate of drug-likeness (QED) is 0.767. The summed E-state index contributed by atoms with van der Waals surface area (Å²) in [4.78, 5) is 14.8. The predicted molar refractivity (Wildman–Crippen MR) is 79.8 cm³/mol. The van der Waals surface area contributed by atoms with E-state index < -0.39 is 0 Å². The van der Waals surface area contributed by atoms with E-state index in [0.717, 1.165) is 28.2 Å². The summed E-state index contributed by atoms with van der Waals surface area (Å²) >= 11 is 1.64. The Morgan fingerprint density at radius 2 is 2.25 bits per heavy atom. The Morgan fingerprint density at radius 1 is 1.40 bits per heavy atom. The van der Waals surface area contributed by atoms with E-state index in [9.17, 15) is 0 Å². The molecule has 3 rings (SSSR count). The molecule has 0 aromatic carbocycles. The molecule has 3 N–H and O–H groups in total. The molecular weight excluding hydrogens is 274 g/mol. The fourth-order valence-corrected chi connectivity index (χ4v) is 2.91. The summed E-state index contributed by atoms with van der Waals surface area (Å²) in [6.45, 7) is 4.45. The number of rotatable bonds is 4. The Bertz CT molecular complexity index is 748. The first kappa shape index (κ1) is 12.9. The van der Waals surface area contributed by atoms with Crippen molar-refractivity contribution in [3.63, 3.8) is 0 Å². The van der Waals surface area contributed by atoms with Gasteiger partial charge in [-0.25, -0.2) is 9.97 Å². The monoisotopic (exact) mass is 289 g/mol. The second-order valence-electron chi connectivity index (χ2n) is 4.43. The van der Waals surface area contributed by atoms with E-state index in [-0.39, 0.29) is 5.95 Å². The number of nitrogens with two attached hydrogens (primary N) is 1. The van der Waals surface area contributed by atoms with Gasteiger partial charge in [-0.3, -0.25) is 0 Å². The van der Waals surface area contributed by atoms with Gasteiger partial charge in [0.25, 0.3) is 0 Å². The van der Waals surface area contributed by atoms with Crippen LogP contribution in [0.15, 0.2) is 16.7 Å². The summed E-state index contributed by atoms with van der Waals surface area (Å²) in [5, 5.41) is 4.20. The van der Waals surface area contributed by atoms with Gasteiger partial charge in [-0.2, -0.15) is 4.98 Å². The molecule has 0 atom stereocenters. The van der Waals surface area contributed by atoms with E-state index in [2.05, 4.69) is 33.3 Å². The van der Waals surface area contributed by atoms with Crippen molar-refractivity contribution in [1.82, 2.24) is 15.0 Å². The Labute approximate surface area is 120 Å². The minimum absolute atomic E-state index is 0.271. The highest BCUT2D eigenvalue weighted by molar-refractivity contribution is 7.18. The van der Waals surface area contributed by atoms with Crippen molar-refractivity contribution in [3.05, 3.63) is 28.8 Å². The van der Waals surface area contributed by atoms with E-state index in [1.165, 1.54) is 4.88 Å². The number of anilines is 2. The third kappa shape index (κ3) is 2.44. The molecular formula is C13H15N5OS. The molecule has 0 aliphatic rings. The van der Waals surface area contributed by atoms with Crippen LogP contribution in [0.4, 0.5) is 11.8 Å². The highest BCUT2D eigenvalue weighted by Crippen LogP contribution is 2.30. The number of aromatic nitrogens is 3. The number of nitrogens with one attached hydrogen (secondary N) is 1. The van der Waals surface area contributed by atoms with Crippen LogP contribution in [0.5, 0.6) is 0 Å². The van der Waals surface area contributed by atoms with Crippen LogP contribution in [0.25, 0.3) is 10.2 Å². The van der Waals surface area contributed by atoms with Gasteiger partial charge in [0.05, 0.1) is 18.1 Å². The lowest BCUT2D eigenvalue weighted by molar-refractivity contribution is 0.479. The SMILES string of the molecule is CCc1cc2c(NCc3ncc(C)o3)nc(N)nc2s1. The van der Waals surface area contributed by atoms with E-state index in [4.69, 9.17) is 10.2 Å². The molecule has 0 fully saturated rings. The predicted octanol–water partition coefficient (Wildman–Crippen LogP) is 2.74. The van der Waals surface area contributed by atoms with Crippen molar-refractivity contribution in [2.24, 2.45) is 0 Å². The summed E-state index contributed by atoms with van der Waals surface area (Å²) in [5.74, 6) is 2.41. The molecule has 6 nitrogen and oxygen atoms in total. The smallest absolute Gasteiger partial charge is 0.223 e. The summed E-state index contributed by atoms with van der Waals surface area (Å²) in [7, 11) is 0. The molecule has 0 amide bonds. The van der Waals surface area contributed by atoms with Crippen LogP contribution in [0, 0.1) is 6.92 Å². The maximum absolute atomic E-state index is 5.75. The van der Waals surface area contributed by atoms with Crippen molar-refractivity contribution in [2.75, 3.05) is 11.1 Å². The van der Waals surface area contributed by atoms with Gasteiger partial charge in [0, 0.05) is 4.88 Å². The van der Waals surface area contributed by atoms with Crippen LogP contribution >= 0.6 is 11.3 Å². The van der Waals surface area contributed by atoms with Crippen molar-refractivity contribution in [1.29, 1.82) is 0 Å². The van der Waals surface area contributed by atoms with Crippen LogP contribution in [-0.4, -0.2) is 15.0 Å². The van der Waals surface area contributed by atoms with Gasteiger partial charge in [0.15, 0.2) is 0 Å². The molecule has 0 saturated heterocycles. The van der Waals surface area contributed by atoms with E-state index >= 15 is 0 Å². The summed E-state index contributed by atoms with van der Waals surface area (Å²) in [6, 6.07) is 2.10. The van der Waals surface area contributed by atoms with E-state index in [0.29, 0.717) is 12.4 Å². The largest absolute Gasteiger partial charge is 0.444 e. The first-order chi connectivity index (χ1) is 9.65. The lowest BCUT2D eigenvalue weighted by Gasteiger charge is -2.05. The van der Waals surface area contributed by atoms with Gasteiger partial charge < -0.3 is 15.5 Å². The molecule has 0 aliphatic heterocycles. The summed E-state index contributed by atoms with van der Waals surface area (Å²) < 4.78 is 5.43. The number of nitrogens with zero attached hydrogens (tertiary/aromatic N) is 3. The summed E-state index contributed by atoms with van der Waals surface area (Å²) in [6.07, 6.45) is 2.67. The fourth-order valence-electron chi connectivity index (χ4n) is 1.94. The molecule has 0 aliphatic carbocycles. The fraction of sp³-hybridized carbons (Fsp3) is 0.308. The van der Waals surface area contributed by atoms with Gasteiger partial charge in [-0.05, 0) is 19.4 Å². The van der Waals surface area contributed by atoms with Gasteiger partial charge in [0.1, 0.15) is 16.4 Å². The maximum Gasteiger partial charge on any atom is 0.223 e. The second kappa shape index (κ2) is 5.09. The number of aryl methyl sites for hydroxylation is 2. The molecule has 104 valence electrons. The van der Waals surface area contributed by atoms with Crippen LogP contribution in [0.3, 0.4) is 0 Å². The van der Waals surface area contributed by atoms with Gasteiger partial charge in [0.2, 0.25) is 11.8 Å². The molecule has 3 aromatic rings. The van der Waals surface area contributed by atoms with Gasteiger partial charge >= 0.3 is 0 Å². The standard InChI is InChI=1S/C13H15N5OS/c1-3-8-4-9-11(17-13(14)18-12(9)20-8)16-6-10-15-5-7(2)19-10/h4-5H,3,6H2,1-2H3,(H3,14,16,17,18). The minimum Gasteiger partial charge on any atom is -0.444 e. The van der Waals surface area contributed by atoms with E-state index in [1.54, 1.807) is 17.5 Å². The zero-order valence-electron chi connectivity index (χ0n) is 11.3.